The summed E-state index contributed by atoms with van der Waals surface area (Å²) in [7, 11) is 0. The van der Waals surface area contributed by atoms with Gasteiger partial charge in [0.15, 0.2) is 0 Å². The first-order valence-corrected chi connectivity index (χ1v) is 7.04. The van der Waals surface area contributed by atoms with Crippen LogP contribution in [-0.2, 0) is 22.9 Å². The highest BCUT2D eigenvalue weighted by atomic mass is 32.9. The van der Waals surface area contributed by atoms with Gasteiger partial charge in [0, 0.05) is 12.1 Å². The van der Waals surface area contributed by atoms with Crippen LogP contribution in [0.25, 0.3) is 0 Å². The van der Waals surface area contributed by atoms with Gasteiger partial charge in [0.05, 0.1) is 4.92 Å². The lowest BCUT2D eigenvalue weighted by atomic mass is 10.2. The maximum atomic E-state index is 10.3. The number of nitro groups is 1. The quantitative estimate of drug-likeness (QED) is 0.385. The molecule has 0 aliphatic heterocycles. The van der Waals surface area contributed by atoms with Gasteiger partial charge in [0.1, 0.15) is 18.9 Å². The molecule has 0 N–H and O–H groups in total. The number of nitrogens with zero attached hydrogens (tertiary/aromatic N) is 1. The van der Waals surface area contributed by atoms with Crippen molar-refractivity contribution in [3.63, 3.8) is 0 Å². The number of non-ortho nitro benzene ring substituents is 1. The minimum absolute atomic E-state index is 0.0697. The number of rotatable bonds is 4. The van der Waals surface area contributed by atoms with Crippen molar-refractivity contribution in [2.45, 2.75) is 6.61 Å². The Morgan fingerprint density at radius 1 is 1.50 bits per heavy atom. The molecule has 0 aliphatic carbocycles. The molecule has 0 heterocycles. The number of nitro benzene ring substituents is 1. The first-order chi connectivity index (χ1) is 6.59. The molecule has 1 atom stereocenters. The first-order valence-electron chi connectivity index (χ1n) is 3.62. The molecular formula is C7H7NO3PS2+. The van der Waals surface area contributed by atoms with E-state index in [9.17, 15) is 10.1 Å². The van der Waals surface area contributed by atoms with Crippen LogP contribution in [0.1, 0.15) is 5.56 Å². The summed E-state index contributed by atoms with van der Waals surface area (Å²) in [5.74, 6) is 0. The van der Waals surface area contributed by atoms with E-state index in [1.54, 1.807) is 12.1 Å². The van der Waals surface area contributed by atoms with Crippen LogP contribution >= 0.6 is 18.4 Å². The maximum Gasteiger partial charge on any atom is 0.411 e. The Hall–Kier alpha value is -0.550. The van der Waals surface area contributed by atoms with Gasteiger partial charge in [-0.2, -0.15) is 4.52 Å². The summed E-state index contributed by atoms with van der Waals surface area (Å²) in [4.78, 5) is 9.89. The molecule has 1 rings (SSSR count). The van der Waals surface area contributed by atoms with Gasteiger partial charge in [0.2, 0.25) is 11.8 Å². The molecule has 0 spiro atoms. The molecule has 7 heteroatoms. The summed E-state index contributed by atoms with van der Waals surface area (Å²) in [6.45, 7) is 0.344. The van der Waals surface area contributed by atoms with E-state index >= 15 is 0 Å². The van der Waals surface area contributed by atoms with Crippen molar-refractivity contribution in [1.82, 2.24) is 0 Å². The molecule has 0 aliphatic rings. The van der Waals surface area contributed by atoms with Gasteiger partial charge in [-0.05, 0) is 17.7 Å². The Bertz CT molecular complexity index is 354. The summed E-state index contributed by atoms with van der Waals surface area (Å²) in [6.07, 6.45) is -1.10. The fraction of sp³-hybridized carbons (Fsp3) is 0.143. The van der Waals surface area contributed by atoms with Crippen molar-refractivity contribution in [3.05, 3.63) is 39.9 Å². The van der Waals surface area contributed by atoms with Gasteiger partial charge in [-0.3, -0.25) is 10.1 Å². The van der Waals surface area contributed by atoms with Crippen LogP contribution in [0.5, 0.6) is 0 Å². The summed E-state index contributed by atoms with van der Waals surface area (Å²) in [6, 6.07) is 6.14. The second-order valence-electron chi connectivity index (χ2n) is 2.43. The van der Waals surface area contributed by atoms with E-state index in [-0.39, 0.29) is 5.69 Å². The molecule has 0 saturated carbocycles. The fourth-order valence-electron chi connectivity index (χ4n) is 0.844. The highest BCUT2D eigenvalue weighted by Gasteiger charge is 2.07. The second-order valence-corrected chi connectivity index (χ2v) is 6.07. The molecule has 0 aromatic heterocycles. The summed E-state index contributed by atoms with van der Waals surface area (Å²) in [5, 5.41) is 10.3. The zero-order valence-electron chi connectivity index (χ0n) is 6.99. The number of benzene rings is 1. The molecule has 0 amide bonds. The highest BCUT2D eigenvalue weighted by molar-refractivity contribution is 8.54. The van der Waals surface area contributed by atoms with Gasteiger partial charge in [-0.1, -0.05) is 0 Å². The summed E-state index contributed by atoms with van der Waals surface area (Å²) < 4.78 is 5.10. The Labute approximate surface area is 92.1 Å². The largest absolute Gasteiger partial charge is 0.411 e. The van der Waals surface area contributed by atoms with Crippen LogP contribution in [0.2, 0.25) is 0 Å². The molecule has 0 bridgehead atoms. The first kappa shape index (κ1) is 11.5. The van der Waals surface area contributed by atoms with Gasteiger partial charge < -0.3 is 0 Å². The van der Waals surface area contributed by atoms with Crippen molar-refractivity contribution >= 4 is 35.9 Å². The Balaban J connectivity index is 2.64. The van der Waals surface area contributed by atoms with E-state index in [2.05, 4.69) is 12.2 Å². The molecular weight excluding hydrogens is 241 g/mol. The highest BCUT2D eigenvalue weighted by Crippen LogP contribution is 2.29. The molecule has 14 heavy (non-hydrogen) atoms. The van der Waals surface area contributed by atoms with E-state index in [0.29, 0.717) is 6.61 Å². The minimum atomic E-state index is -1.10. The molecule has 0 saturated heterocycles. The SMILES string of the molecule is O=[N+]([O-])c1ccc(CO[P+](=S)S)cc1. The average molecular weight is 248 g/mol. The maximum absolute atomic E-state index is 10.3. The monoisotopic (exact) mass is 248 g/mol. The molecule has 1 aromatic rings. The van der Waals surface area contributed by atoms with E-state index in [0.717, 1.165) is 5.56 Å². The van der Waals surface area contributed by atoms with Crippen LogP contribution in [0.3, 0.4) is 0 Å². The van der Waals surface area contributed by atoms with E-state index in [4.69, 9.17) is 16.3 Å². The number of hydrogen-bond acceptors (Lipinski definition) is 4. The zero-order valence-corrected chi connectivity index (χ0v) is 9.60. The Kier molecular flexibility index (Phi) is 4.41. The predicted octanol–water partition coefficient (Wildman–Crippen LogP) is 2.82. The van der Waals surface area contributed by atoms with Crippen LogP contribution in [0, 0.1) is 10.1 Å². The average Bonchev–Trinajstić information content (AvgIpc) is 2.15. The number of hydrogen-bond donors (Lipinski definition) is 1. The lowest BCUT2D eigenvalue weighted by molar-refractivity contribution is -0.384. The molecule has 1 unspecified atom stereocenters. The minimum Gasteiger partial charge on any atom is -0.258 e. The Morgan fingerprint density at radius 2 is 2.07 bits per heavy atom. The van der Waals surface area contributed by atoms with Gasteiger partial charge in [-0.15, -0.1) is 0 Å². The fourth-order valence-corrected chi connectivity index (χ4v) is 1.43. The van der Waals surface area contributed by atoms with Crippen LogP contribution in [-0.4, -0.2) is 4.92 Å². The predicted molar refractivity (Wildman–Crippen MR) is 61.2 cm³/mol. The van der Waals surface area contributed by atoms with Gasteiger partial charge in [-0.25, -0.2) is 0 Å². The lowest BCUT2D eigenvalue weighted by Crippen LogP contribution is -1.89. The van der Waals surface area contributed by atoms with Crippen molar-refractivity contribution < 1.29 is 9.45 Å². The molecule has 0 radical (unpaired) electrons. The third-order valence-electron chi connectivity index (χ3n) is 1.49. The van der Waals surface area contributed by atoms with Crippen LogP contribution in [0.15, 0.2) is 24.3 Å². The topological polar surface area (TPSA) is 52.4 Å². The van der Waals surface area contributed by atoms with Crippen molar-refractivity contribution in [1.29, 1.82) is 0 Å². The van der Waals surface area contributed by atoms with E-state index < -0.39 is 11.0 Å². The van der Waals surface area contributed by atoms with E-state index in [1.807, 2.05) is 0 Å². The van der Waals surface area contributed by atoms with Crippen LogP contribution in [0.4, 0.5) is 5.69 Å². The number of thiol groups is 1. The molecule has 4 nitrogen and oxygen atoms in total. The standard InChI is InChI=1S/C7H6NO3PS2/c9-8(10)7-3-1-6(2-4-7)5-11-12(13)14/h1-4H,5H2/p+1. The van der Waals surface area contributed by atoms with E-state index in [1.165, 1.54) is 12.1 Å². The zero-order chi connectivity index (χ0) is 10.6. The summed E-state index contributed by atoms with van der Waals surface area (Å²) >= 11 is 8.67. The normalized spacial score (nSPS) is 11.1. The van der Waals surface area contributed by atoms with Gasteiger partial charge in [0.25, 0.3) is 5.69 Å². The third kappa shape index (κ3) is 3.67. The Morgan fingerprint density at radius 3 is 2.50 bits per heavy atom. The molecule has 0 fully saturated rings. The van der Waals surface area contributed by atoms with Crippen LogP contribution < -0.4 is 0 Å². The second kappa shape index (κ2) is 5.36. The van der Waals surface area contributed by atoms with Crippen molar-refractivity contribution in [2.75, 3.05) is 0 Å². The molecule has 1 aromatic carbocycles. The summed E-state index contributed by atoms with van der Waals surface area (Å²) in [5.41, 5.74) is 0.919. The molecule has 74 valence electrons. The smallest absolute Gasteiger partial charge is 0.258 e. The third-order valence-corrected chi connectivity index (χ3v) is 2.50. The lowest BCUT2D eigenvalue weighted by Gasteiger charge is -1.94. The van der Waals surface area contributed by atoms with Gasteiger partial charge >= 0.3 is 6.13 Å². The van der Waals surface area contributed by atoms with Crippen molar-refractivity contribution in [3.8, 4) is 0 Å². The van der Waals surface area contributed by atoms with Crippen molar-refractivity contribution in [2.24, 2.45) is 0 Å².